The van der Waals surface area contributed by atoms with Gasteiger partial charge < -0.3 is 5.32 Å². The molecule has 6 nitrogen and oxygen atoms in total. The summed E-state index contributed by atoms with van der Waals surface area (Å²) in [6.07, 6.45) is 2.95. The Hall–Kier alpha value is -1.24. The van der Waals surface area contributed by atoms with Crippen molar-refractivity contribution >= 4 is 28.3 Å². The maximum absolute atomic E-state index is 11.7. The molecule has 1 aliphatic heterocycles. The average Bonchev–Trinajstić information content (AvgIpc) is 2.27. The Kier molecular flexibility index (Phi) is 5.27. The number of hydrogen-bond acceptors (Lipinski definition) is 4. The molecule has 0 aromatic heterocycles. The van der Waals surface area contributed by atoms with Crippen molar-refractivity contribution in [1.82, 2.24) is 10.7 Å². The van der Waals surface area contributed by atoms with Crippen molar-refractivity contribution in [3.63, 3.8) is 0 Å². The highest BCUT2D eigenvalue weighted by Crippen LogP contribution is 2.01. The number of amides is 2. The van der Waals surface area contributed by atoms with Gasteiger partial charge in [-0.1, -0.05) is 0 Å². The van der Waals surface area contributed by atoms with Gasteiger partial charge in [-0.05, 0) is 13.3 Å². The van der Waals surface area contributed by atoms with E-state index >= 15 is 0 Å². The summed E-state index contributed by atoms with van der Waals surface area (Å²) < 4.78 is 10.9. The van der Waals surface area contributed by atoms with Gasteiger partial charge in [0.25, 0.3) is 5.91 Å². The highest BCUT2D eigenvalue weighted by molar-refractivity contribution is 7.84. The summed E-state index contributed by atoms with van der Waals surface area (Å²) in [6.45, 7) is 1.85. The molecule has 2 unspecified atom stereocenters. The van der Waals surface area contributed by atoms with E-state index in [0.29, 0.717) is 30.7 Å². The van der Waals surface area contributed by atoms with E-state index in [-0.39, 0.29) is 17.9 Å². The van der Waals surface area contributed by atoms with Crippen LogP contribution >= 0.6 is 0 Å². The summed E-state index contributed by atoms with van der Waals surface area (Å²) in [6, 6.07) is -0.0493. The van der Waals surface area contributed by atoms with Crippen LogP contribution in [-0.2, 0) is 20.4 Å². The first-order valence-corrected chi connectivity index (χ1v) is 7.18. The van der Waals surface area contributed by atoms with Crippen LogP contribution in [0.4, 0.5) is 0 Å². The van der Waals surface area contributed by atoms with Crippen molar-refractivity contribution in [1.29, 1.82) is 0 Å². The van der Waals surface area contributed by atoms with E-state index < -0.39 is 10.8 Å². The Balaban J connectivity index is 2.38. The minimum atomic E-state index is -0.849. The van der Waals surface area contributed by atoms with Crippen LogP contribution in [-0.4, -0.2) is 39.8 Å². The van der Waals surface area contributed by atoms with Gasteiger partial charge in [0, 0.05) is 41.7 Å². The van der Waals surface area contributed by atoms with Crippen molar-refractivity contribution in [2.75, 3.05) is 12.0 Å². The molecule has 96 valence electrons. The average molecular weight is 259 g/mol. The van der Waals surface area contributed by atoms with Gasteiger partial charge in [-0.2, -0.15) is 5.10 Å². The molecule has 1 aliphatic rings. The van der Waals surface area contributed by atoms with E-state index in [9.17, 15) is 13.8 Å². The molecule has 0 radical (unpaired) electrons. The number of nitrogens with zero attached hydrogens (tertiary/aromatic N) is 1. The van der Waals surface area contributed by atoms with E-state index in [2.05, 4.69) is 15.8 Å². The quantitative estimate of drug-likeness (QED) is 0.699. The lowest BCUT2D eigenvalue weighted by Gasteiger charge is -2.16. The van der Waals surface area contributed by atoms with E-state index in [1.54, 1.807) is 6.26 Å². The SMILES string of the molecule is CC(CCS(C)=O)NC(=O)C1=NNC(=O)CC1. The minimum absolute atomic E-state index is 0.0493. The predicted octanol–water partition coefficient (Wildman–Crippen LogP) is -0.474. The van der Waals surface area contributed by atoms with Crippen molar-refractivity contribution in [3.05, 3.63) is 0 Å². The second kappa shape index (κ2) is 6.48. The highest BCUT2D eigenvalue weighted by atomic mass is 32.2. The van der Waals surface area contributed by atoms with Crippen LogP contribution in [0.2, 0.25) is 0 Å². The lowest BCUT2D eigenvalue weighted by molar-refractivity contribution is -0.121. The first kappa shape index (κ1) is 13.8. The Morgan fingerprint density at radius 2 is 2.29 bits per heavy atom. The van der Waals surface area contributed by atoms with Crippen LogP contribution in [0.3, 0.4) is 0 Å². The van der Waals surface area contributed by atoms with Crippen LogP contribution in [0, 0.1) is 0 Å². The van der Waals surface area contributed by atoms with Gasteiger partial charge in [0.05, 0.1) is 0 Å². The maximum Gasteiger partial charge on any atom is 0.267 e. The monoisotopic (exact) mass is 259 g/mol. The van der Waals surface area contributed by atoms with Crippen LogP contribution in [0.15, 0.2) is 5.10 Å². The molecule has 0 bridgehead atoms. The van der Waals surface area contributed by atoms with Gasteiger partial charge in [-0.3, -0.25) is 13.8 Å². The van der Waals surface area contributed by atoms with Gasteiger partial charge in [-0.25, -0.2) is 5.43 Å². The molecule has 0 aromatic carbocycles. The summed E-state index contributed by atoms with van der Waals surface area (Å²) in [5.41, 5.74) is 2.62. The summed E-state index contributed by atoms with van der Waals surface area (Å²) in [7, 11) is -0.849. The van der Waals surface area contributed by atoms with Gasteiger partial charge in [0.2, 0.25) is 5.91 Å². The summed E-state index contributed by atoms with van der Waals surface area (Å²) in [5, 5.41) is 6.47. The van der Waals surface area contributed by atoms with Crippen LogP contribution < -0.4 is 10.7 Å². The lowest BCUT2D eigenvalue weighted by atomic mass is 10.1. The van der Waals surface area contributed by atoms with Crippen molar-refractivity contribution in [2.24, 2.45) is 5.10 Å². The van der Waals surface area contributed by atoms with E-state index in [1.807, 2.05) is 6.92 Å². The third-order valence-corrected chi connectivity index (χ3v) is 3.19. The fraction of sp³-hybridized carbons (Fsp3) is 0.700. The van der Waals surface area contributed by atoms with Crippen molar-refractivity contribution in [2.45, 2.75) is 32.2 Å². The Morgan fingerprint density at radius 3 is 2.82 bits per heavy atom. The third kappa shape index (κ3) is 5.08. The standard InChI is InChI=1S/C10H17N3O3S/c1-7(5-6-17(2)16)11-10(15)8-3-4-9(14)13-12-8/h7H,3-6H2,1-2H3,(H,11,15)(H,13,14). The molecule has 2 amide bonds. The minimum Gasteiger partial charge on any atom is -0.348 e. The Morgan fingerprint density at radius 1 is 1.59 bits per heavy atom. The lowest BCUT2D eigenvalue weighted by Crippen LogP contribution is -2.41. The van der Waals surface area contributed by atoms with Crippen LogP contribution in [0.25, 0.3) is 0 Å². The van der Waals surface area contributed by atoms with Crippen LogP contribution in [0.1, 0.15) is 26.2 Å². The van der Waals surface area contributed by atoms with Crippen molar-refractivity contribution in [3.8, 4) is 0 Å². The zero-order chi connectivity index (χ0) is 12.8. The van der Waals surface area contributed by atoms with Gasteiger partial charge in [-0.15, -0.1) is 0 Å². The molecule has 1 rings (SSSR count). The Bertz CT molecular complexity index is 368. The molecular weight excluding hydrogens is 242 g/mol. The number of carbonyl (C=O) groups is 2. The van der Waals surface area contributed by atoms with Gasteiger partial charge in [0.15, 0.2) is 0 Å². The molecule has 1 heterocycles. The fourth-order valence-corrected chi connectivity index (χ4v) is 2.05. The largest absolute Gasteiger partial charge is 0.348 e. The predicted molar refractivity (Wildman–Crippen MR) is 66.0 cm³/mol. The van der Waals surface area contributed by atoms with Gasteiger partial charge >= 0.3 is 0 Å². The third-order valence-electron chi connectivity index (χ3n) is 2.38. The molecule has 17 heavy (non-hydrogen) atoms. The number of carbonyl (C=O) groups excluding carboxylic acids is 2. The highest BCUT2D eigenvalue weighted by Gasteiger charge is 2.19. The maximum atomic E-state index is 11.7. The normalized spacial score (nSPS) is 18.9. The molecule has 7 heteroatoms. The molecule has 0 aliphatic carbocycles. The Labute approximate surface area is 103 Å². The molecule has 0 aromatic rings. The molecular formula is C10H17N3O3S. The molecule has 0 saturated carbocycles. The first-order valence-electron chi connectivity index (χ1n) is 5.45. The number of hydrazone groups is 1. The van der Waals surface area contributed by atoms with E-state index in [1.165, 1.54) is 0 Å². The number of nitrogens with one attached hydrogen (secondary N) is 2. The summed E-state index contributed by atoms with van der Waals surface area (Å²) >= 11 is 0. The molecule has 2 atom stereocenters. The summed E-state index contributed by atoms with van der Waals surface area (Å²) in [5.74, 6) is 0.125. The van der Waals surface area contributed by atoms with Crippen LogP contribution in [0.5, 0.6) is 0 Å². The zero-order valence-corrected chi connectivity index (χ0v) is 10.8. The fourth-order valence-electron chi connectivity index (χ4n) is 1.36. The summed E-state index contributed by atoms with van der Waals surface area (Å²) in [4.78, 5) is 22.5. The topological polar surface area (TPSA) is 87.6 Å². The zero-order valence-electron chi connectivity index (χ0n) is 9.99. The molecule has 2 N–H and O–H groups in total. The number of hydrogen-bond donors (Lipinski definition) is 2. The van der Waals surface area contributed by atoms with Crippen molar-refractivity contribution < 1.29 is 13.8 Å². The van der Waals surface area contributed by atoms with E-state index in [0.717, 1.165) is 0 Å². The smallest absolute Gasteiger partial charge is 0.267 e. The second-order valence-electron chi connectivity index (χ2n) is 4.03. The number of rotatable bonds is 5. The van der Waals surface area contributed by atoms with Gasteiger partial charge in [0.1, 0.15) is 5.71 Å². The molecule has 0 saturated heterocycles. The van der Waals surface area contributed by atoms with E-state index in [4.69, 9.17) is 0 Å². The molecule has 0 fully saturated rings. The second-order valence-corrected chi connectivity index (χ2v) is 5.59. The first-order chi connectivity index (χ1) is 7.99. The molecule has 0 spiro atoms.